The lowest BCUT2D eigenvalue weighted by molar-refractivity contribution is 0.110. The number of hydrogen-bond donors (Lipinski definition) is 1. The fourth-order valence-corrected chi connectivity index (χ4v) is 4.20. The summed E-state index contributed by atoms with van der Waals surface area (Å²) in [5.41, 5.74) is 0. The van der Waals surface area contributed by atoms with Crippen molar-refractivity contribution in [1.82, 2.24) is 10.2 Å². The molecule has 0 radical (unpaired) electrons. The summed E-state index contributed by atoms with van der Waals surface area (Å²) < 4.78 is 0. The molecule has 2 fully saturated rings. The van der Waals surface area contributed by atoms with Crippen LogP contribution < -0.4 is 5.32 Å². The van der Waals surface area contributed by atoms with Gasteiger partial charge in [-0.3, -0.25) is 0 Å². The molecule has 1 aliphatic carbocycles. The first kappa shape index (κ1) is 14.3. The Morgan fingerprint density at radius 3 is 2.50 bits per heavy atom. The zero-order valence-corrected chi connectivity index (χ0v) is 12.8. The van der Waals surface area contributed by atoms with E-state index in [1.807, 2.05) is 0 Å². The number of rotatable bonds is 4. The summed E-state index contributed by atoms with van der Waals surface area (Å²) in [6.07, 6.45) is 4.21. The second kappa shape index (κ2) is 6.38. The summed E-state index contributed by atoms with van der Waals surface area (Å²) in [5, 5.41) is 3.75. The van der Waals surface area contributed by atoms with Crippen LogP contribution in [0.1, 0.15) is 47.0 Å². The number of nitrogens with zero attached hydrogens (tertiary/aromatic N) is 1. The molecule has 0 amide bonds. The summed E-state index contributed by atoms with van der Waals surface area (Å²) in [4.78, 5) is 2.71. The van der Waals surface area contributed by atoms with Gasteiger partial charge in [-0.15, -0.1) is 0 Å². The molecule has 0 bridgehead atoms. The van der Waals surface area contributed by atoms with Crippen molar-refractivity contribution >= 4 is 0 Å². The minimum atomic E-state index is 0.754. The van der Waals surface area contributed by atoms with Gasteiger partial charge in [-0.1, -0.05) is 27.7 Å². The molecule has 5 atom stereocenters. The van der Waals surface area contributed by atoms with Gasteiger partial charge in [0.05, 0.1) is 0 Å². The highest BCUT2D eigenvalue weighted by Gasteiger charge is 2.35. The standard InChI is InChI=1S/C16H32N2/c1-5-17-16-9-13(3)8-14(4)15(16)11-18-7-6-12(2)10-18/h12-17H,5-11H2,1-4H3. The maximum absolute atomic E-state index is 3.75. The molecule has 0 aromatic heterocycles. The van der Waals surface area contributed by atoms with E-state index in [1.165, 1.54) is 38.9 Å². The summed E-state index contributed by atoms with van der Waals surface area (Å²) in [6.45, 7) is 14.7. The Bertz CT molecular complexity index is 253. The predicted molar refractivity (Wildman–Crippen MR) is 78.7 cm³/mol. The van der Waals surface area contributed by atoms with Gasteiger partial charge >= 0.3 is 0 Å². The quantitative estimate of drug-likeness (QED) is 0.827. The summed E-state index contributed by atoms with van der Waals surface area (Å²) in [7, 11) is 0. The van der Waals surface area contributed by atoms with E-state index < -0.39 is 0 Å². The van der Waals surface area contributed by atoms with Crippen LogP contribution in [0.2, 0.25) is 0 Å². The molecule has 1 aliphatic heterocycles. The predicted octanol–water partition coefficient (Wildman–Crippen LogP) is 2.99. The highest BCUT2D eigenvalue weighted by Crippen LogP contribution is 2.35. The molecule has 106 valence electrons. The Morgan fingerprint density at radius 1 is 1.11 bits per heavy atom. The van der Waals surface area contributed by atoms with Crippen LogP contribution in [0.5, 0.6) is 0 Å². The zero-order chi connectivity index (χ0) is 13.1. The Kier molecular flexibility index (Phi) is 5.08. The molecule has 1 saturated carbocycles. The van der Waals surface area contributed by atoms with E-state index in [2.05, 4.69) is 37.9 Å². The number of nitrogens with one attached hydrogen (secondary N) is 1. The third kappa shape index (κ3) is 3.48. The molecule has 1 N–H and O–H groups in total. The minimum Gasteiger partial charge on any atom is -0.314 e. The summed E-state index contributed by atoms with van der Waals surface area (Å²) >= 11 is 0. The van der Waals surface area contributed by atoms with Crippen molar-refractivity contribution < 1.29 is 0 Å². The molecule has 0 aromatic carbocycles. The highest BCUT2D eigenvalue weighted by atomic mass is 15.2. The van der Waals surface area contributed by atoms with Gasteiger partial charge in [0.2, 0.25) is 0 Å². The van der Waals surface area contributed by atoms with Gasteiger partial charge in [0.25, 0.3) is 0 Å². The van der Waals surface area contributed by atoms with Crippen molar-refractivity contribution in [2.75, 3.05) is 26.2 Å². The lowest BCUT2D eigenvalue weighted by Crippen LogP contribution is -2.48. The Morgan fingerprint density at radius 2 is 1.89 bits per heavy atom. The Labute approximate surface area is 114 Å². The van der Waals surface area contributed by atoms with Gasteiger partial charge in [-0.2, -0.15) is 0 Å². The van der Waals surface area contributed by atoms with E-state index in [9.17, 15) is 0 Å². The van der Waals surface area contributed by atoms with Crippen LogP contribution in [0.4, 0.5) is 0 Å². The third-order valence-corrected chi connectivity index (χ3v) is 5.12. The van der Waals surface area contributed by atoms with Crippen LogP contribution in [0.3, 0.4) is 0 Å². The van der Waals surface area contributed by atoms with Gasteiger partial charge in [0.15, 0.2) is 0 Å². The van der Waals surface area contributed by atoms with Crippen molar-refractivity contribution in [1.29, 1.82) is 0 Å². The average Bonchev–Trinajstić information content (AvgIpc) is 2.69. The molecule has 1 saturated heterocycles. The zero-order valence-electron chi connectivity index (χ0n) is 12.8. The smallest absolute Gasteiger partial charge is 0.0112 e. The average molecular weight is 252 g/mol. The van der Waals surface area contributed by atoms with E-state index in [1.54, 1.807) is 0 Å². The number of hydrogen-bond acceptors (Lipinski definition) is 2. The van der Waals surface area contributed by atoms with E-state index in [-0.39, 0.29) is 0 Å². The first-order chi connectivity index (χ1) is 8.60. The Hall–Kier alpha value is -0.0800. The third-order valence-electron chi connectivity index (χ3n) is 5.12. The normalized spacial score (nSPS) is 42.3. The molecule has 0 aromatic rings. The second-order valence-corrected chi connectivity index (χ2v) is 7.04. The molecule has 2 aliphatic rings. The van der Waals surface area contributed by atoms with E-state index in [0.717, 1.165) is 36.3 Å². The maximum Gasteiger partial charge on any atom is 0.0112 e. The van der Waals surface area contributed by atoms with E-state index in [4.69, 9.17) is 0 Å². The second-order valence-electron chi connectivity index (χ2n) is 7.04. The molecule has 5 unspecified atom stereocenters. The van der Waals surface area contributed by atoms with Crippen LogP contribution in [0, 0.1) is 23.7 Å². The van der Waals surface area contributed by atoms with Crippen molar-refractivity contribution in [2.45, 2.75) is 53.0 Å². The van der Waals surface area contributed by atoms with Gasteiger partial charge in [-0.05, 0) is 56.0 Å². The summed E-state index contributed by atoms with van der Waals surface area (Å²) in [6, 6.07) is 0.754. The molecular weight excluding hydrogens is 220 g/mol. The van der Waals surface area contributed by atoms with Gasteiger partial charge in [0.1, 0.15) is 0 Å². The van der Waals surface area contributed by atoms with E-state index in [0.29, 0.717) is 0 Å². The number of likely N-dealkylation sites (tertiary alicyclic amines) is 1. The molecule has 2 rings (SSSR count). The molecule has 0 spiro atoms. The fraction of sp³-hybridized carbons (Fsp3) is 1.00. The van der Waals surface area contributed by atoms with Gasteiger partial charge < -0.3 is 10.2 Å². The fourth-order valence-electron chi connectivity index (χ4n) is 4.20. The van der Waals surface area contributed by atoms with Crippen molar-refractivity contribution in [3.63, 3.8) is 0 Å². The Balaban J connectivity index is 1.93. The molecule has 2 heteroatoms. The molecular formula is C16H32N2. The monoisotopic (exact) mass is 252 g/mol. The van der Waals surface area contributed by atoms with Crippen LogP contribution in [0.25, 0.3) is 0 Å². The minimum absolute atomic E-state index is 0.754. The van der Waals surface area contributed by atoms with Crippen LogP contribution in [0.15, 0.2) is 0 Å². The molecule has 2 nitrogen and oxygen atoms in total. The SMILES string of the molecule is CCNC1CC(C)CC(C)C1CN1CCC(C)C1. The lowest BCUT2D eigenvalue weighted by Gasteiger charge is -2.42. The topological polar surface area (TPSA) is 15.3 Å². The first-order valence-electron chi connectivity index (χ1n) is 8.05. The van der Waals surface area contributed by atoms with Crippen molar-refractivity contribution in [3.05, 3.63) is 0 Å². The summed E-state index contributed by atoms with van der Waals surface area (Å²) in [5.74, 6) is 3.57. The molecule has 1 heterocycles. The van der Waals surface area contributed by atoms with E-state index >= 15 is 0 Å². The van der Waals surface area contributed by atoms with Crippen LogP contribution in [-0.4, -0.2) is 37.1 Å². The van der Waals surface area contributed by atoms with Gasteiger partial charge in [0, 0.05) is 19.1 Å². The van der Waals surface area contributed by atoms with Crippen LogP contribution in [-0.2, 0) is 0 Å². The highest BCUT2D eigenvalue weighted by molar-refractivity contribution is 4.90. The van der Waals surface area contributed by atoms with Gasteiger partial charge in [-0.25, -0.2) is 0 Å². The lowest BCUT2D eigenvalue weighted by atomic mass is 9.72. The van der Waals surface area contributed by atoms with Crippen molar-refractivity contribution in [3.8, 4) is 0 Å². The largest absolute Gasteiger partial charge is 0.314 e. The molecule has 18 heavy (non-hydrogen) atoms. The first-order valence-corrected chi connectivity index (χ1v) is 8.05. The maximum atomic E-state index is 3.75. The van der Waals surface area contributed by atoms with Crippen molar-refractivity contribution in [2.24, 2.45) is 23.7 Å². The van der Waals surface area contributed by atoms with Crippen LogP contribution >= 0.6 is 0 Å².